The number of carbonyl (C=O) groups excluding carboxylic acids is 1. The lowest BCUT2D eigenvalue weighted by molar-refractivity contribution is -0.122. The molecule has 0 radical (unpaired) electrons. The van der Waals surface area contributed by atoms with Crippen molar-refractivity contribution in [3.8, 4) is 11.4 Å². The topological polar surface area (TPSA) is 74.5 Å². The fourth-order valence-corrected chi connectivity index (χ4v) is 3.26. The maximum atomic E-state index is 11.9. The minimum atomic E-state index is 0.143. The molecule has 7 nitrogen and oxygen atoms in total. The first kappa shape index (κ1) is 17.5. The van der Waals surface area contributed by atoms with Crippen molar-refractivity contribution >= 4 is 17.5 Å². The standard InChI is InChI=1S/C18H22ClN5O2/c19-14-3-1-2-13(10-14)18-21-17(26-22-18)12-24-8-6-23(7-9-24)11-16(25)20-15-4-5-15/h1-3,10,15H,4-9,11-12H2,(H,20,25). The van der Waals surface area contributed by atoms with Gasteiger partial charge in [-0.2, -0.15) is 4.98 Å². The number of amides is 1. The van der Waals surface area contributed by atoms with Gasteiger partial charge in [-0.1, -0.05) is 28.9 Å². The lowest BCUT2D eigenvalue weighted by atomic mass is 10.2. The number of rotatable bonds is 6. The van der Waals surface area contributed by atoms with Crippen LogP contribution in [0.2, 0.25) is 5.02 Å². The van der Waals surface area contributed by atoms with Crippen LogP contribution < -0.4 is 5.32 Å². The van der Waals surface area contributed by atoms with E-state index < -0.39 is 0 Å². The molecule has 2 heterocycles. The van der Waals surface area contributed by atoms with Crippen LogP contribution in [0.4, 0.5) is 0 Å². The summed E-state index contributed by atoms with van der Waals surface area (Å²) in [6, 6.07) is 7.84. The molecule has 1 aromatic carbocycles. The second-order valence-electron chi connectivity index (χ2n) is 6.92. The van der Waals surface area contributed by atoms with Gasteiger partial charge >= 0.3 is 0 Å². The fraction of sp³-hybridized carbons (Fsp3) is 0.500. The van der Waals surface area contributed by atoms with Gasteiger partial charge in [0.2, 0.25) is 17.6 Å². The summed E-state index contributed by atoms with van der Waals surface area (Å²) in [4.78, 5) is 20.8. The highest BCUT2D eigenvalue weighted by molar-refractivity contribution is 6.30. The molecule has 0 unspecified atom stereocenters. The van der Waals surface area contributed by atoms with Crippen LogP contribution in [-0.2, 0) is 11.3 Å². The molecule has 138 valence electrons. The average Bonchev–Trinajstić information content (AvgIpc) is 3.31. The van der Waals surface area contributed by atoms with Gasteiger partial charge in [0.1, 0.15) is 0 Å². The molecule has 2 aliphatic rings. The van der Waals surface area contributed by atoms with Crippen LogP contribution in [0, 0.1) is 0 Å². The third-order valence-corrected chi connectivity index (χ3v) is 4.92. The van der Waals surface area contributed by atoms with Crippen molar-refractivity contribution in [1.29, 1.82) is 0 Å². The van der Waals surface area contributed by atoms with Crippen molar-refractivity contribution in [2.45, 2.75) is 25.4 Å². The maximum Gasteiger partial charge on any atom is 0.241 e. The van der Waals surface area contributed by atoms with Crippen LogP contribution in [0.5, 0.6) is 0 Å². The summed E-state index contributed by atoms with van der Waals surface area (Å²) >= 11 is 6.01. The Morgan fingerprint density at radius 2 is 2.00 bits per heavy atom. The first-order chi connectivity index (χ1) is 12.7. The summed E-state index contributed by atoms with van der Waals surface area (Å²) in [5.74, 6) is 1.29. The van der Waals surface area contributed by atoms with Gasteiger partial charge in [-0.3, -0.25) is 14.6 Å². The highest BCUT2D eigenvalue weighted by Gasteiger charge is 2.25. The molecule has 8 heteroatoms. The third-order valence-electron chi connectivity index (χ3n) is 4.68. The molecule has 0 bridgehead atoms. The molecule has 1 amide bonds. The number of carbonyl (C=O) groups is 1. The van der Waals surface area contributed by atoms with Gasteiger partial charge in [-0.15, -0.1) is 0 Å². The molecule has 26 heavy (non-hydrogen) atoms. The summed E-state index contributed by atoms with van der Waals surface area (Å²) < 4.78 is 5.38. The Hall–Kier alpha value is -1.96. The quantitative estimate of drug-likeness (QED) is 0.829. The monoisotopic (exact) mass is 375 g/mol. The Labute approximate surface area is 157 Å². The Kier molecular flexibility index (Phi) is 5.19. The second kappa shape index (κ2) is 7.73. The van der Waals surface area contributed by atoms with E-state index in [1.54, 1.807) is 0 Å². The summed E-state index contributed by atoms with van der Waals surface area (Å²) in [7, 11) is 0. The van der Waals surface area contributed by atoms with E-state index in [9.17, 15) is 4.79 Å². The van der Waals surface area contributed by atoms with Gasteiger partial charge in [0.15, 0.2) is 0 Å². The van der Waals surface area contributed by atoms with E-state index in [2.05, 4.69) is 25.3 Å². The van der Waals surface area contributed by atoms with Gasteiger partial charge in [0.25, 0.3) is 0 Å². The first-order valence-corrected chi connectivity index (χ1v) is 9.36. The Morgan fingerprint density at radius 3 is 2.73 bits per heavy atom. The lowest BCUT2D eigenvalue weighted by Crippen LogP contribution is -2.49. The number of halogens is 1. The number of benzene rings is 1. The zero-order chi connectivity index (χ0) is 17.9. The molecule has 1 N–H and O–H groups in total. The summed E-state index contributed by atoms with van der Waals surface area (Å²) in [6.45, 7) is 4.61. The smallest absolute Gasteiger partial charge is 0.241 e. The molecule has 0 atom stereocenters. The van der Waals surface area contributed by atoms with Crippen LogP contribution >= 0.6 is 11.6 Å². The highest BCUT2D eigenvalue weighted by atomic mass is 35.5. The number of piperazine rings is 1. The van der Waals surface area contributed by atoms with Gasteiger partial charge in [-0.25, -0.2) is 0 Å². The third kappa shape index (κ3) is 4.60. The Morgan fingerprint density at radius 1 is 1.23 bits per heavy atom. The van der Waals surface area contributed by atoms with E-state index in [0.29, 0.717) is 35.9 Å². The minimum absolute atomic E-state index is 0.143. The van der Waals surface area contributed by atoms with Crippen LogP contribution in [0.1, 0.15) is 18.7 Å². The Balaban J connectivity index is 1.26. The van der Waals surface area contributed by atoms with Crippen LogP contribution in [0.3, 0.4) is 0 Å². The summed E-state index contributed by atoms with van der Waals surface area (Å²) in [5.41, 5.74) is 0.846. The molecule has 4 rings (SSSR count). The van der Waals surface area contributed by atoms with Gasteiger partial charge < -0.3 is 9.84 Å². The van der Waals surface area contributed by atoms with Crippen molar-refractivity contribution in [1.82, 2.24) is 25.3 Å². The predicted molar refractivity (Wildman–Crippen MR) is 97.6 cm³/mol. The van der Waals surface area contributed by atoms with Gasteiger partial charge in [0, 0.05) is 42.8 Å². The van der Waals surface area contributed by atoms with Gasteiger partial charge in [-0.05, 0) is 25.0 Å². The highest BCUT2D eigenvalue weighted by Crippen LogP contribution is 2.20. The van der Waals surface area contributed by atoms with Crippen LogP contribution in [0.25, 0.3) is 11.4 Å². The first-order valence-electron chi connectivity index (χ1n) is 8.98. The zero-order valence-corrected chi connectivity index (χ0v) is 15.3. The maximum absolute atomic E-state index is 11.9. The largest absolute Gasteiger partial charge is 0.352 e. The van der Waals surface area contributed by atoms with E-state index in [-0.39, 0.29) is 5.91 Å². The van der Waals surface area contributed by atoms with Crippen molar-refractivity contribution in [2.75, 3.05) is 32.7 Å². The number of aromatic nitrogens is 2. The molecule has 1 aromatic heterocycles. The molecule has 2 fully saturated rings. The molecule has 1 aliphatic heterocycles. The van der Waals surface area contributed by atoms with E-state index in [0.717, 1.165) is 44.6 Å². The van der Waals surface area contributed by atoms with Crippen molar-refractivity contribution in [3.63, 3.8) is 0 Å². The molecular formula is C18H22ClN5O2. The van der Waals surface area contributed by atoms with E-state index in [4.69, 9.17) is 16.1 Å². The van der Waals surface area contributed by atoms with Crippen LogP contribution in [0.15, 0.2) is 28.8 Å². The molecular weight excluding hydrogens is 354 g/mol. The lowest BCUT2D eigenvalue weighted by Gasteiger charge is -2.33. The predicted octanol–water partition coefficient (Wildman–Crippen LogP) is 1.79. The summed E-state index contributed by atoms with van der Waals surface area (Å²) in [6.07, 6.45) is 2.25. The average molecular weight is 376 g/mol. The normalized spacial score (nSPS) is 18.8. The number of nitrogens with zero attached hydrogens (tertiary/aromatic N) is 4. The molecule has 2 aromatic rings. The molecule has 0 spiro atoms. The van der Waals surface area contributed by atoms with Crippen molar-refractivity contribution < 1.29 is 9.32 Å². The molecule has 1 saturated heterocycles. The number of nitrogens with one attached hydrogen (secondary N) is 1. The van der Waals surface area contributed by atoms with Crippen LogP contribution in [-0.4, -0.2) is 64.6 Å². The van der Waals surface area contributed by atoms with E-state index >= 15 is 0 Å². The molecule has 1 saturated carbocycles. The number of hydrogen-bond donors (Lipinski definition) is 1. The fourth-order valence-electron chi connectivity index (χ4n) is 3.06. The van der Waals surface area contributed by atoms with Crippen molar-refractivity contribution in [2.24, 2.45) is 0 Å². The summed E-state index contributed by atoms with van der Waals surface area (Å²) in [5, 5.41) is 7.73. The molecule has 1 aliphatic carbocycles. The van der Waals surface area contributed by atoms with E-state index in [1.165, 1.54) is 0 Å². The van der Waals surface area contributed by atoms with E-state index in [1.807, 2.05) is 24.3 Å². The second-order valence-corrected chi connectivity index (χ2v) is 7.35. The van der Waals surface area contributed by atoms with Gasteiger partial charge in [0.05, 0.1) is 13.1 Å². The Bertz CT molecular complexity index is 768. The SMILES string of the molecule is O=C(CN1CCN(Cc2nc(-c3cccc(Cl)c3)no2)CC1)NC1CC1. The minimum Gasteiger partial charge on any atom is -0.352 e. The van der Waals surface area contributed by atoms with Crippen molar-refractivity contribution in [3.05, 3.63) is 35.2 Å². The zero-order valence-electron chi connectivity index (χ0n) is 14.5. The number of hydrogen-bond acceptors (Lipinski definition) is 6.